The fraction of sp³-hybridized carbons (Fsp3) is 0.387. The molecular weight excluding hydrogens is 480 g/mol. The lowest BCUT2D eigenvalue weighted by Crippen LogP contribution is -2.32. The van der Waals surface area contributed by atoms with Crippen LogP contribution < -0.4 is 9.47 Å². The number of fused-ring (bicyclic) bond motifs is 2. The van der Waals surface area contributed by atoms with Gasteiger partial charge < -0.3 is 4.90 Å². The zero-order valence-electron chi connectivity index (χ0n) is 22.1. The number of anilines is 1. The second kappa shape index (κ2) is 12.5. The topological polar surface area (TPSA) is 61.5 Å². The summed E-state index contributed by atoms with van der Waals surface area (Å²) in [4.78, 5) is 2.53. The molecule has 0 saturated carbocycles. The third-order valence-electron chi connectivity index (χ3n) is 6.99. The standard InChI is InChI=1S/C31H38N2O3S/c1-3-5-17-33(18-6-4-2)31-14-13-27-21-25(9-10-28(27)23-31)26-11-12-30-24-32(19-15-29(30)22-26)16-7-8-20-37(34,35)36/h9-15,19,21-24H,3-8,16-18,20H2,1-2H3/p+1. The van der Waals surface area contributed by atoms with E-state index in [-0.39, 0.29) is 5.75 Å². The highest BCUT2D eigenvalue weighted by atomic mass is 32.2. The first kappa shape index (κ1) is 27.1. The Balaban J connectivity index is 1.50. The molecule has 196 valence electrons. The van der Waals surface area contributed by atoms with Gasteiger partial charge in [0.1, 0.15) is 6.54 Å². The summed E-state index contributed by atoms with van der Waals surface area (Å²) in [5.41, 5.74) is 3.72. The monoisotopic (exact) mass is 519 g/mol. The highest BCUT2D eigenvalue weighted by Gasteiger charge is 2.10. The van der Waals surface area contributed by atoms with E-state index >= 15 is 0 Å². The molecule has 0 spiro atoms. The van der Waals surface area contributed by atoms with Gasteiger partial charge in [-0.3, -0.25) is 4.55 Å². The van der Waals surface area contributed by atoms with Crippen molar-refractivity contribution in [2.45, 2.75) is 58.9 Å². The van der Waals surface area contributed by atoms with Crippen LogP contribution in [0.15, 0.2) is 73.1 Å². The van der Waals surface area contributed by atoms with Gasteiger partial charge in [0, 0.05) is 36.7 Å². The van der Waals surface area contributed by atoms with Gasteiger partial charge in [-0.2, -0.15) is 8.42 Å². The van der Waals surface area contributed by atoms with Crippen molar-refractivity contribution in [1.29, 1.82) is 0 Å². The molecule has 0 fully saturated rings. The first-order chi connectivity index (χ1) is 17.9. The van der Waals surface area contributed by atoms with Crippen molar-refractivity contribution in [2.75, 3.05) is 23.7 Å². The fourth-order valence-corrected chi connectivity index (χ4v) is 5.38. The summed E-state index contributed by atoms with van der Waals surface area (Å²) in [7, 11) is -3.88. The van der Waals surface area contributed by atoms with Crippen molar-refractivity contribution in [3.05, 3.63) is 73.1 Å². The molecule has 0 aliphatic carbocycles. The first-order valence-electron chi connectivity index (χ1n) is 13.5. The van der Waals surface area contributed by atoms with E-state index in [9.17, 15) is 8.42 Å². The van der Waals surface area contributed by atoms with E-state index in [0.29, 0.717) is 19.4 Å². The summed E-state index contributed by atoms with van der Waals surface area (Å²) < 4.78 is 32.8. The molecular formula is C31H39N2O3S+. The summed E-state index contributed by atoms with van der Waals surface area (Å²) in [5.74, 6) is -0.187. The van der Waals surface area contributed by atoms with Gasteiger partial charge in [-0.25, -0.2) is 4.57 Å². The lowest BCUT2D eigenvalue weighted by atomic mass is 9.99. The maximum absolute atomic E-state index is 10.9. The molecule has 1 heterocycles. The van der Waals surface area contributed by atoms with Gasteiger partial charge in [-0.05, 0) is 76.9 Å². The number of hydrogen-bond donors (Lipinski definition) is 1. The van der Waals surface area contributed by atoms with Crippen molar-refractivity contribution in [3.63, 3.8) is 0 Å². The number of benzene rings is 3. The lowest BCUT2D eigenvalue weighted by Gasteiger charge is -2.25. The van der Waals surface area contributed by atoms with Gasteiger partial charge in [0.15, 0.2) is 12.4 Å². The Kier molecular flexibility index (Phi) is 9.17. The normalized spacial score (nSPS) is 11.9. The summed E-state index contributed by atoms with van der Waals surface area (Å²) in [6.45, 7) is 7.45. The summed E-state index contributed by atoms with van der Waals surface area (Å²) in [6.07, 6.45) is 10.1. The molecule has 5 nitrogen and oxygen atoms in total. The van der Waals surface area contributed by atoms with E-state index in [1.165, 1.54) is 58.7 Å². The number of aromatic nitrogens is 1. The number of pyridine rings is 1. The van der Waals surface area contributed by atoms with Crippen LogP contribution in [0, 0.1) is 0 Å². The fourth-order valence-electron chi connectivity index (χ4n) is 4.81. The minimum absolute atomic E-state index is 0.187. The van der Waals surface area contributed by atoms with Crippen LogP contribution >= 0.6 is 0 Å². The maximum atomic E-state index is 10.9. The Hall–Kier alpha value is -2.96. The van der Waals surface area contributed by atoms with E-state index < -0.39 is 10.1 Å². The van der Waals surface area contributed by atoms with Gasteiger partial charge >= 0.3 is 0 Å². The Morgan fingerprint density at radius 3 is 1.97 bits per heavy atom. The average molecular weight is 520 g/mol. The predicted octanol–water partition coefficient (Wildman–Crippen LogP) is 7.02. The Bertz CT molecular complexity index is 1440. The molecule has 0 bridgehead atoms. The van der Waals surface area contributed by atoms with Gasteiger partial charge in [0.2, 0.25) is 0 Å². The molecule has 0 aliphatic heterocycles. The van der Waals surface area contributed by atoms with Crippen LogP contribution in [0.4, 0.5) is 5.69 Å². The average Bonchev–Trinajstić information content (AvgIpc) is 2.90. The predicted molar refractivity (Wildman–Crippen MR) is 155 cm³/mol. The number of nitrogens with zero attached hydrogens (tertiary/aromatic N) is 2. The minimum Gasteiger partial charge on any atom is -0.372 e. The molecule has 37 heavy (non-hydrogen) atoms. The minimum atomic E-state index is -3.88. The van der Waals surface area contributed by atoms with Gasteiger partial charge in [0.05, 0.1) is 5.75 Å². The molecule has 0 atom stereocenters. The van der Waals surface area contributed by atoms with Crippen molar-refractivity contribution >= 4 is 37.4 Å². The quantitative estimate of drug-likeness (QED) is 0.117. The molecule has 0 saturated heterocycles. The zero-order valence-corrected chi connectivity index (χ0v) is 22.9. The third kappa shape index (κ3) is 7.53. The van der Waals surface area contributed by atoms with E-state index in [4.69, 9.17) is 4.55 Å². The smallest absolute Gasteiger partial charge is 0.264 e. The molecule has 0 unspecified atom stereocenters. The summed E-state index contributed by atoms with van der Waals surface area (Å²) in [6, 6.07) is 22.2. The van der Waals surface area contributed by atoms with Gasteiger partial charge in [-0.1, -0.05) is 51.0 Å². The number of aryl methyl sites for hydroxylation is 1. The second-order valence-electron chi connectivity index (χ2n) is 9.96. The van der Waals surface area contributed by atoms with E-state index in [1.807, 2.05) is 6.20 Å². The molecule has 6 heteroatoms. The van der Waals surface area contributed by atoms with Crippen molar-refractivity contribution < 1.29 is 17.5 Å². The molecule has 4 rings (SSSR count). The van der Waals surface area contributed by atoms with Gasteiger partial charge in [-0.15, -0.1) is 0 Å². The van der Waals surface area contributed by atoms with E-state index in [0.717, 1.165) is 18.5 Å². The molecule has 3 aromatic carbocycles. The zero-order chi connectivity index (χ0) is 26.3. The van der Waals surface area contributed by atoms with Crippen LogP contribution in [-0.4, -0.2) is 31.8 Å². The Labute approximate surface area is 221 Å². The summed E-state index contributed by atoms with van der Waals surface area (Å²) in [5, 5.41) is 4.84. The largest absolute Gasteiger partial charge is 0.372 e. The van der Waals surface area contributed by atoms with Gasteiger partial charge in [0.25, 0.3) is 10.1 Å². The second-order valence-corrected chi connectivity index (χ2v) is 11.5. The van der Waals surface area contributed by atoms with Crippen LogP contribution in [0.5, 0.6) is 0 Å². The molecule has 0 radical (unpaired) electrons. The SMILES string of the molecule is CCCCN(CCCC)c1ccc2cc(-c3ccc4c[n+](CCCCS(=O)(=O)O)ccc4c3)ccc2c1. The van der Waals surface area contributed by atoms with Crippen LogP contribution in [0.25, 0.3) is 32.7 Å². The highest BCUT2D eigenvalue weighted by molar-refractivity contribution is 7.85. The van der Waals surface area contributed by atoms with Crippen molar-refractivity contribution in [1.82, 2.24) is 0 Å². The molecule has 4 aromatic rings. The first-order valence-corrected chi connectivity index (χ1v) is 15.1. The third-order valence-corrected chi connectivity index (χ3v) is 7.80. The molecule has 1 N–H and O–H groups in total. The summed E-state index contributed by atoms with van der Waals surface area (Å²) >= 11 is 0. The number of rotatable bonds is 13. The van der Waals surface area contributed by atoms with Crippen molar-refractivity contribution in [3.8, 4) is 11.1 Å². The lowest BCUT2D eigenvalue weighted by molar-refractivity contribution is -0.696. The van der Waals surface area contributed by atoms with Crippen LogP contribution in [0.2, 0.25) is 0 Å². The Morgan fingerprint density at radius 2 is 1.32 bits per heavy atom. The number of hydrogen-bond acceptors (Lipinski definition) is 3. The van der Waals surface area contributed by atoms with E-state index in [2.05, 4.69) is 90.2 Å². The molecule has 0 amide bonds. The number of unbranched alkanes of at least 4 members (excludes halogenated alkanes) is 3. The highest BCUT2D eigenvalue weighted by Crippen LogP contribution is 2.29. The van der Waals surface area contributed by atoms with Crippen LogP contribution in [0.1, 0.15) is 52.4 Å². The molecule has 0 aliphatic rings. The van der Waals surface area contributed by atoms with Crippen LogP contribution in [0.3, 0.4) is 0 Å². The van der Waals surface area contributed by atoms with E-state index in [1.54, 1.807) is 0 Å². The maximum Gasteiger partial charge on any atom is 0.264 e. The van der Waals surface area contributed by atoms with Crippen LogP contribution in [-0.2, 0) is 16.7 Å². The Morgan fingerprint density at radius 1 is 0.730 bits per heavy atom. The molecule has 1 aromatic heterocycles. The van der Waals surface area contributed by atoms with Crippen molar-refractivity contribution in [2.24, 2.45) is 0 Å².